The molecule has 0 aliphatic carbocycles. The monoisotopic (exact) mass is 178 g/mol. The quantitative estimate of drug-likeness (QED) is 0.624. The van der Waals surface area contributed by atoms with Crippen LogP contribution in [0, 0.1) is 0 Å². The molecule has 1 aromatic heterocycles. The van der Waals surface area contributed by atoms with Gasteiger partial charge in [-0.1, -0.05) is 0 Å². The first-order valence-electron chi connectivity index (χ1n) is 3.81. The minimum absolute atomic E-state index is 0.473. The molecule has 0 fully saturated rings. The fraction of sp³-hybridized carbons (Fsp3) is 0.222. The molecule has 0 aliphatic heterocycles. The van der Waals surface area contributed by atoms with E-state index in [1.807, 2.05) is 0 Å². The zero-order valence-electron chi connectivity index (χ0n) is 7.52. The highest BCUT2D eigenvalue weighted by Gasteiger charge is 2.14. The fourth-order valence-corrected chi connectivity index (χ4v) is 0.921. The van der Waals surface area contributed by atoms with E-state index in [4.69, 9.17) is 0 Å². The largest absolute Gasteiger partial charge is 0.309 e. The van der Waals surface area contributed by atoms with Gasteiger partial charge >= 0.3 is 0 Å². The molecule has 4 nitrogen and oxygen atoms in total. The lowest BCUT2D eigenvalue weighted by Crippen LogP contribution is -2.31. The van der Waals surface area contributed by atoms with Crippen LogP contribution < -0.4 is 4.90 Å². The minimum atomic E-state index is -0.522. The van der Waals surface area contributed by atoms with Crippen molar-refractivity contribution in [3.8, 4) is 0 Å². The fourth-order valence-electron chi connectivity index (χ4n) is 0.921. The van der Waals surface area contributed by atoms with Crippen LogP contribution in [0.1, 0.15) is 6.92 Å². The Labute approximate surface area is 76.2 Å². The average molecular weight is 178 g/mol. The van der Waals surface area contributed by atoms with Crippen molar-refractivity contribution in [3.05, 3.63) is 24.5 Å². The van der Waals surface area contributed by atoms with Gasteiger partial charge in [0.1, 0.15) is 0 Å². The van der Waals surface area contributed by atoms with Gasteiger partial charge in [0, 0.05) is 32.1 Å². The van der Waals surface area contributed by atoms with Gasteiger partial charge in [0.25, 0.3) is 5.91 Å². The van der Waals surface area contributed by atoms with Gasteiger partial charge in [-0.15, -0.1) is 0 Å². The van der Waals surface area contributed by atoms with Gasteiger partial charge in [0.05, 0.1) is 0 Å². The number of likely N-dealkylation sites (N-methyl/N-ethyl adjacent to an activating group) is 1. The summed E-state index contributed by atoms with van der Waals surface area (Å²) in [5, 5.41) is 0. The number of amides is 1. The number of carbonyl (C=O) groups excluding carboxylic acids is 2. The molecule has 0 spiro atoms. The van der Waals surface area contributed by atoms with Crippen LogP contribution in [-0.2, 0) is 9.59 Å². The number of nitrogens with zero attached hydrogens (tertiary/aromatic N) is 2. The lowest BCUT2D eigenvalue weighted by molar-refractivity contribution is -0.134. The number of pyridine rings is 1. The number of Topliss-reactive ketones (excluding diaryl/α,β-unsaturated/α-hetero) is 1. The lowest BCUT2D eigenvalue weighted by Gasteiger charge is -2.14. The van der Waals surface area contributed by atoms with Crippen LogP contribution in [0.25, 0.3) is 0 Å². The van der Waals surface area contributed by atoms with Gasteiger partial charge in [-0.2, -0.15) is 0 Å². The second kappa shape index (κ2) is 3.80. The van der Waals surface area contributed by atoms with Crippen LogP contribution in [0.4, 0.5) is 5.69 Å². The van der Waals surface area contributed by atoms with Crippen molar-refractivity contribution in [2.45, 2.75) is 6.92 Å². The Morgan fingerprint density at radius 1 is 1.31 bits per heavy atom. The maximum Gasteiger partial charge on any atom is 0.293 e. The van der Waals surface area contributed by atoms with Crippen LogP contribution in [0.5, 0.6) is 0 Å². The molecule has 68 valence electrons. The van der Waals surface area contributed by atoms with Crippen molar-refractivity contribution in [1.29, 1.82) is 0 Å². The van der Waals surface area contributed by atoms with E-state index in [0.717, 1.165) is 0 Å². The molecule has 0 saturated carbocycles. The van der Waals surface area contributed by atoms with Crippen molar-refractivity contribution in [2.75, 3.05) is 11.9 Å². The van der Waals surface area contributed by atoms with Crippen LogP contribution >= 0.6 is 0 Å². The van der Waals surface area contributed by atoms with E-state index in [1.165, 1.54) is 11.8 Å². The normalized spacial score (nSPS) is 9.38. The van der Waals surface area contributed by atoms with Crippen molar-refractivity contribution in [3.63, 3.8) is 0 Å². The van der Waals surface area contributed by atoms with Gasteiger partial charge in [-0.05, 0) is 12.1 Å². The average Bonchev–Trinajstić information content (AvgIpc) is 2.17. The number of rotatable bonds is 2. The van der Waals surface area contributed by atoms with E-state index >= 15 is 0 Å². The predicted molar refractivity (Wildman–Crippen MR) is 48.3 cm³/mol. The third kappa shape index (κ3) is 2.11. The van der Waals surface area contributed by atoms with Crippen LogP contribution in [0.2, 0.25) is 0 Å². The maximum absolute atomic E-state index is 11.2. The Balaban J connectivity index is 2.86. The molecule has 0 atom stereocenters. The van der Waals surface area contributed by atoms with Crippen molar-refractivity contribution >= 4 is 17.4 Å². The highest BCUT2D eigenvalue weighted by Crippen LogP contribution is 2.09. The summed E-state index contributed by atoms with van der Waals surface area (Å²) in [7, 11) is 1.55. The van der Waals surface area contributed by atoms with Crippen molar-refractivity contribution in [1.82, 2.24) is 4.98 Å². The SMILES string of the molecule is CC(=O)C(=O)N(C)c1ccncc1. The van der Waals surface area contributed by atoms with E-state index in [9.17, 15) is 9.59 Å². The molecule has 0 N–H and O–H groups in total. The van der Waals surface area contributed by atoms with Crippen LogP contribution in [0.15, 0.2) is 24.5 Å². The summed E-state index contributed by atoms with van der Waals surface area (Å²) in [6.45, 7) is 1.25. The van der Waals surface area contributed by atoms with Gasteiger partial charge in [0.15, 0.2) is 0 Å². The topological polar surface area (TPSA) is 50.3 Å². The summed E-state index contributed by atoms with van der Waals surface area (Å²) in [5.74, 6) is -0.995. The molecule has 13 heavy (non-hydrogen) atoms. The zero-order valence-corrected chi connectivity index (χ0v) is 7.52. The van der Waals surface area contributed by atoms with Gasteiger partial charge in [-0.25, -0.2) is 0 Å². The first-order chi connectivity index (χ1) is 6.13. The van der Waals surface area contributed by atoms with E-state index < -0.39 is 11.7 Å². The first-order valence-corrected chi connectivity index (χ1v) is 3.81. The molecule has 0 aliphatic rings. The smallest absolute Gasteiger partial charge is 0.293 e. The van der Waals surface area contributed by atoms with Crippen molar-refractivity contribution < 1.29 is 9.59 Å². The molecular formula is C9H10N2O2. The molecule has 1 aromatic rings. The summed E-state index contributed by atoms with van der Waals surface area (Å²) in [4.78, 5) is 27.1. The Hall–Kier alpha value is -1.71. The molecular weight excluding hydrogens is 168 g/mol. The van der Waals surface area contributed by atoms with E-state index in [-0.39, 0.29) is 0 Å². The third-order valence-corrected chi connectivity index (χ3v) is 1.66. The number of hydrogen-bond donors (Lipinski definition) is 0. The number of hydrogen-bond acceptors (Lipinski definition) is 3. The summed E-state index contributed by atoms with van der Waals surface area (Å²) in [5.41, 5.74) is 0.662. The Morgan fingerprint density at radius 2 is 1.85 bits per heavy atom. The van der Waals surface area contributed by atoms with E-state index in [2.05, 4.69) is 4.98 Å². The maximum atomic E-state index is 11.2. The zero-order chi connectivity index (χ0) is 9.84. The molecule has 4 heteroatoms. The summed E-state index contributed by atoms with van der Waals surface area (Å²) >= 11 is 0. The van der Waals surface area contributed by atoms with Gasteiger partial charge in [0.2, 0.25) is 5.78 Å². The lowest BCUT2D eigenvalue weighted by atomic mass is 10.3. The molecule has 1 rings (SSSR count). The van der Waals surface area contributed by atoms with Gasteiger partial charge in [-0.3, -0.25) is 14.6 Å². The summed E-state index contributed by atoms with van der Waals surface area (Å²) < 4.78 is 0. The molecule has 0 unspecified atom stereocenters. The number of ketones is 1. The summed E-state index contributed by atoms with van der Waals surface area (Å²) in [6, 6.07) is 3.34. The highest BCUT2D eigenvalue weighted by atomic mass is 16.2. The predicted octanol–water partition coefficient (Wildman–Crippen LogP) is 0.633. The number of aromatic nitrogens is 1. The van der Waals surface area contributed by atoms with Crippen molar-refractivity contribution in [2.24, 2.45) is 0 Å². The molecule has 1 heterocycles. The summed E-state index contributed by atoms with van der Waals surface area (Å²) in [6.07, 6.45) is 3.14. The van der Waals surface area contributed by atoms with Crippen LogP contribution in [0.3, 0.4) is 0 Å². The second-order valence-electron chi connectivity index (χ2n) is 2.63. The Kier molecular flexibility index (Phi) is 2.74. The standard InChI is InChI=1S/C9H10N2O2/c1-7(12)9(13)11(2)8-3-5-10-6-4-8/h3-6H,1-2H3. The Morgan fingerprint density at radius 3 is 2.31 bits per heavy atom. The minimum Gasteiger partial charge on any atom is -0.309 e. The molecule has 0 aromatic carbocycles. The Bertz CT molecular complexity index is 322. The molecule has 0 bridgehead atoms. The molecule has 0 radical (unpaired) electrons. The first kappa shape index (κ1) is 9.38. The number of carbonyl (C=O) groups is 2. The second-order valence-corrected chi connectivity index (χ2v) is 2.63. The van der Waals surface area contributed by atoms with Gasteiger partial charge < -0.3 is 4.90 Å². The molecule has 0 saturated heterocycles. The van der Waals surface area contributed by atoms with Crippen LogP contribution in [-0.4, -0.2) is 23.7 Å². The third-order valence-electron chi connectivity index (χ3n) is 1.66. The van der Waals surface area contributed by atoms with E-state index in [1.54, 1.807) is 31.6 Å². The van der Waals surface area contributed by atoms with E-state index in [0.29, 0.717) is 5.69 Å². The highest BCUT2D eigenvalue weighted by molar-refractivity contribution is 6.40. The molecule has 1 amide bonds. The number of anilines is 1.